The first-order chi connectivity index (χ1) is 16.9. The van der Waals surface area contributed by atoms with E-state index in [2.05, 4.69) is 31.8 Å². The molecule has 0 bridgehead atoms. The van der Waals surface area contributed by atoms with E-state index in [1.54, 1.807) is 30.3 Å². The van der Waals surface area contributed by atoms with Gasteiger partial charge in [-0.1, -0.05) is 22.0 Å². The number of carbonyl (C=O) groups is 2. The van der Waals surface area contributed by atoms with E-state index in [1.165, 1.54) is 37.6 Å². The Morgan fingerprint density at radius 2 is 1.91 bits per heavy atom. The second-order valence-corrected chi connectivity index (χ2v) is 8.13. The van der Waals surface area contributed by atoms with Gasteiger partial charge in [0.25, 0.3) is 5.91 Å². The highest BCUT2D eigenvalue weighted by molar-refractivity contribution is 9.10. The Labute approximate surface area is 207 Å². The molecule has 2 amide bonds. The van der Waals surface area contributed by atoms with Crippen LogP contribution in [0.3, 0.4) is 0 Å². The van der Waals surface area contributed by atoms with Crippen LogP contribution >= 0.6 is 15.9 Å². The number of halogens is 2. The Hall–Kier alpha value is -4.18. The van der Waals surface area contributed by atoms with Gasteiger partial charge < -0.3 is 19.2 Å². The van der Waals surface area contributed by atoms with Crippen molar-refractivity contribution >= 4 is 50.6 Å². The van der Waals surface area contributed by atoms with Gasteiger partial charge in [-0.05, 0) is 60.7 Å². The zero-order valence-electron chi connectivity index (χ0n) is 18.4. The summed E-state index contributed by atoms with van der Waals surface area (Å²) < 4.78 is 30.5. The van der Waals surface area contributed by atoms with Crippen LogP contribution in [0.25, 0.3) is 11.0 Å². The van der Waals surface area contributed by atoms with Crippen LogP contribution in [-0.2, 0) is 4.79 Å². The molecule has 0 saturated heterocycles. The first-order valence-corrected chi connectivity index (χ1v) is 11.1. The van der Waals surface area contributed by atoms with Crippen molar-refractivity contribution in [2.75, 3.05) is 19.0 Å². The maximum atomic E-state index is 13.0. The van der Waals surface area contributed by atoms with Crippen molar-refractivity contribution in [3.63, 3.8) is 0 Å². The molecule has 0 saturated carbocycles. The molecular formula is C25H19BrFN3O5. The third-order valence-electron chi connectivity index (χ3n) is 4.78. The van der Waals surface area contributed by atoms with E-state index in [4.69, 9.17) is 13.9 Å². The van der Waals surface area contributed by atoms with Gasteiger partial charge in [-0.2, -0.15) is 5.10 Å². The molecule has 178 valence electrons. The molecule has 2 N–H and O–H groups in total. The summed E-state index contributed by atoms with van der Waals surface area (Å²) in [6.07, 6.45) is 1.37. The van der Waals surface area contributed by atoms with Gasteiger partial charge >= 0.3 is 5.91 Å². The smallest absolute Gasteiger partial charge is 0.307 e. The molecule has 0 unspecified atom stereocenters. The molecule has 1 aromatic heterocycles. The topological polar surface area (TPSA) is 102 Å². The van der Waals surface area contributed by atoms with Crippen LogP contribution in [-0.4, -0.2) is 31.7 Å². The lowest BCUT2D eigenvalue weighted by atomic mass is 10.2. The summed E-state index contributed by atoms with van der Waals surface area (Å²) in [7, 11) is 1.46. The van der Waals surface area contributed by atoms with Crippen molar-refractivity contribution in [3.8, 4) is 11.5 Å². The second kappa shape index (κ2) is 10.8. The highest BCUT2D eigenvalue weighted by atomic mass is 79.9. The van der Waals surface area contributed by atoms with Gasteiger partial charge in [0.1, 0.15) is 11.4 Å². The molecule has 3 aromatic carbocycles. The van der Waals surface area contributed by atoms with Crippen molar-refractivity contribution in [2.24, 2.45) is 5.10 Å². The molecule has 0 aliphatic rings. The molecule has 35 heavy (non-hydrogen) atoms. The SMILES string of the molecule is COc1cccc(/C=N/NC(=O)c2cc3cc(Br)ccc3o2)c1OCC(=O)Nc1ccc(F)cc1. The molecule has 0 atom stereocenters. The van der Waals surface area contributed by atoms with E-state index in [9.17, 15) is 14.0 Å². The van der Waals surface area contributed by atoms with E-state index in [0.717, 1.165) is 9.86 Å². The van der Waals surface area contributed by atoms with E-state index >= 15 is 0 Å². The molecule has 1 heterocycles. The minimum Gasteiger partial charge on any atom is -0.493 e. The number of rotatable bonds is 8. The van der Waals surface area contributed by atoms with Crippen LogP contribution in [0.5, 0.6) is 11.5 Å². The van der Waals surface area contributed by atoms with Gasteiger partial charge in [0.05, 0.1) is 13.3 Å². The van der Waals surface area contributed by atoms with E-state index < -0.39 is 17.6 Å². The average Bonchev–Trinajstić information content (AvgIpc) is 3.27. The molecule has 10 heteroatoms. The number of hydrogen-bond acceptors (Lipinski definition) is 6. The first kappa shape index (κ1) is 24.0. The summed E-state index contributed by atoms with van der Waals surface area (Å²) in [5.41, 5.74) is 3.88. The van der Waals surface area contributed by atoms with Crippen molar-refractivity contribution < 1.29 is 27.9 Å². The van der Waals surface area contributed by atoms with E-state index in [-0.39, 0.29) is 18.1 Å². The summed E-state index contributed by atoms with van der Waals surface area (Å²) in [5, 5.41) is 7.36. The predicted octanol–water partition coefficient (Wildman–Crippen LogP) is 5.12. The molecule has 0 aliphatic heterocycles. The fourth-order valence-electron chi connectivity index (χ4n) is 3.16. The molecule has 8 nitrogen and oxygen atoms in total. The number of carbonyl (C=O) groups excluding carboxylic acids is 2. The lowest BCUT2D eigenvalue weighted by Gasteiger charge is -2.13. The Kier molecular flexibility index (Phi) is 7.41. The van der Waals surface area contributed by atoms with Crippen molar-refractivity contribution in [2.45, 2.75) is 0 Å². The highest BCUT2D eigenvalue weighted by Gasteiger charge is 2.14. The van der Waals surface area contributed by atoms with E-state index in [0.29, 0.717) is 22.6 Å². The number of anilines is 1. The fraction of sp³-hybridized carbons (Fsp3) is 0.0800. The third-order valence-corrected chi connectivity index (χ3v) is 5.27. The molecule has 0 fully saturated rings. The molecule has 4 rings (SSSR count). The van der Waals surface area contributed by atoms with Crippen LogP contribution in [0.1, 0.15) is 16.1 Å². The monoisotopic (exact) mass is 539 g/mol. The summed E-state index contributed by atoms with van der Waals surface area (Å²) in [6.45, 7) is -0.334. The van der Waals surface area contributed by atoms with Gasteiger partial charge in [0.15, 0.2) is 23.9 Å². The third kappa shape index (κ3) is 6.04. The quantitative estimate of drug-likeness (QED) is 0.239. The Bertz CT molecular complexity index is 1400. The highest BCUT2D eigenvalue weighted by Crippen LogP contribution is 2.30. The minimum atomic E-state index is -0.530. The normalized spacial score (nSPS) is 10.9. The summed E-state index contributed by atoms with van der Waals surface area (Å²) in [4.78, 5) is 24.7. The summed E-state index contributed by atoms with van der Waals surface area (Å²) >= 11 is 3.38. The number of amides is 2. The number of para-hydroxylation sites is 1. The minimum absolute atomic E-state index is 0.106. The molecule has 0 spiro atoms. The Balaban J connectivity index is 1.42. The number of hydrazone groups is 1. The number of hydrogen-bond donors (Lipinski definition) is 2. The van der Waals surface area contributed by atoms with Crippen LogP contribution < -0.4 is 20.2 Å². The van der Waals surface area contributed by atoms with Crippen LogP contribution in [0.2, 0.25) is 0 Å². The van der Waals surface area contributed by atoms with Gasteiger partial charge in [-0.15, -0.1) is 0 Å². The average molecular weight is 540 g/mol. The van der Waals surface area contributed by atoms with E-state index in [1.807, 2.05) is 12.1 Å². The van der Waals surface area contributed by atoms with Gasteiger partial charge in [0.2, 0.25) is 0 Å². The number of furan rings is 1. The Morgan fingerprint density at radius 3 is 2.69 bits per heavy atom. The standard InChI is InChI=1S/C25H19BrFN3O5/c1-33-21-4-2-3-15(24(21)34-14-23(31)29-19-8-6-18(27)7-9-19)13-28-30-25(32)22-12-16-11-17(26)5-10-20(16)35-22/h2-13H,14H2,1H3,(H,29,31)(H,30,32)/b28-13+. The summed E-state index contributed by atoms with van der Waals surface area (Å²) in [6, 6.07) is 17.4. The number of methoxy groups -OCH3 is 1. The number of ether oxygens (including phenoxy) is 2. The van der Waals surface area contributed by atoms with Crippen LogP contribution in [0.4, 0.5) is 10.1 Å². The van der Waals surface area contributed by atoms with Gasteiger partial charge in [0, 0.05) is 21.1 Å². The Morgan fingerprint density at radius 1 is 1.11 bits per heavy atom. The van der Waals surface area contributed by atoms with Crippen LogP contribution in [0.15, 0.2) is 80.7 Å². The van der Waals surface area contributed by atoms with Crippen molar-refractivity contribution in [3.05, 3.63) is 88.3 Å². The van der Waals surface area contributed by atoms with Crippen molar-refractivity contribution in [1.82, 2.24) is 5.43 Å². The van der Waals surface area contributed by atoms with Crippen molar-refractivity contribution in [1.29, 1.82) is 0 Å². The van der Waals surface area contributed by atoms with Gasteiger partial charge in [-0.3, -0.25) is 9.59 Å². The number of fused-ring (bicyclic) bond motifs is 1. The number of nitrogens with one attached hydrogen (secondary N) is 2. The molecule has 4 aromatic rings. The number of benzene rings is 3. The lowest BCUT2D eigenvalue weighted by molar-refractivity contribution is -0.118. The lowest BCUT2D eigenvalue weighted by Crippen LogP contribution is -2.21. The van der Waals surface area contributed by atoms with Gasteiger partial charge in [-0.25, -0.2) is 9.82 Å². The molecular weight excluding hydrogens is 521 g/mol. The maximum Gasteiger partial charge on any atom is 0.307 e. The largest absolute Gasteiger partial charge is 0.493 e. The summed E-state index contributed by atoms with van der Waals surface area (Å²) in [5.74, 6) is -0.645. The van der Waals surface area contributed by atoms with Crippen LogP contribution in [0, 0.1) is 5.82 Å². The second-order valence-electron chi connectivity index (χ2n) is 7.21. The number of nitrogens with zero attached hydrogens (tertiary/aromatic N) is 1. The maximum absolute atomic E-state index is 13.0. The predicted molar refractivity (Wildman–Crippen MR) is 132 cm³/mol. The zero-order valence-corrected chi connectivity index (χ0v) is 20.0. The zero-order chi connectivity index (χ0) is 24.8. The first-order valence-electron chi connectivity index (χ1n) is 10.3. The fourth-order valence-corrected chi connectivity index (χ4v) is 3.54. The molecule has 0 radical (unpaired) electrons. The molecule has 0 aliphatic carbocycles.